The van der Waals surface area contributed by atoms with E-state index < -0.39 is 11.7 Å². The Labute approximate surface area is 106 Å². The van der Waals surface area contributed by atoms with Gasteiger partial charge in [-0.1, -0.05) is 0 Å². The van der Waals surface area contributed by atoms with Crippen molar-refractivity contribution in [3.05, 3.63) is 35.3 Å². The Bertz CT molecular complexity index is 619. The summed E-state index contributed by atoms with van der Waals surface area (Å²) in [6.07, 6.45) is -2.15. The first kappa shape index (κ1) is 11.8. The lowest BCUT2D eigenvalue weighted by atomic mass is 9.97. The Morgan fingerprint density at radius 2 is 2.11 bits per heavy atom. The summed E-state index contributed by atoms with van der Waals surface area (Å²) in [5, 5.41) is 9.48. The first-order chi connectivity index (χ1) is 8.97. The largest absolute Gasteiger partial charge is 0.417 e. The number of fused-ring (bicyclic) bond motifs is 1. The van der Waals surface area contributed by atoms with E-state index in [1.54, 1.807) is 0 Å². The molecule has 1 aliphatic rings. The van der Waals surface area contributed by atoms with E-state index in [4.69, 9.17) is 5.73 Å². The fourth-order valence-electron chi connectivity index (χ4n) is 2.20. The molecule has 2 aromatic rings. The Kier molecular flexibility index (Phi) is 2.41. The number of nitrogens with two attached hydrogens (primary N) is 1. The predicted molar refractivity (Wildman–Crippen MR) is 62.6 cm³/mol. The maximum absolute atomic E-state index is 12.7. The van der Waals surface area contributed by atoms with Gasteiger partial charge in [-0.15, -0.1) is 0 Å². The number of anilines is 2. The topological polar surface area (TPSA) is 79.6 Å². The Morgan fingerprint density at radius 1 is 1.32 bits per heavy atom. The SMILES string of the molecule is Nc1cn[nH]c1C1CNc2ncc(C(F)(F)F)cc21. The lowest BCUT2D eigenvalue weighted by molar-refractivity contribution is -0.137. The number of nitrogen functional groups attached to an aromatic ring is 1. The van der Waals surface area contributed by atoms with Crippen molar-refractivity contribution < 1.29 is 13.2 Å². The molecule has 8 heteroatoms. The lowest BCUT2D eigenvalue weighted by Gasteiger charge is -2.11. The Morgan fingerprint density at radius 3 is 2.74 bits per heavy atom. The second kappa shape index (κ2) is 3.87. The summed E-state index contributed by atoms with van der Waals surface area (Å²) in [6.45, 7) is 0.441. The van der Waals surface area contributed by atoms with E-state index in [-0.39, 0.29) is 5.92 Å². The van der Waals surface area contributed by atoms with E-state index in [9.17, 15) is 13.2 Å². The molecule has 0 aromatic carbocycles. The van der Waals surface area contributed by atoms with Crippen molar-refractivity contribution in [3.63, 3.8) is 0 Å². The number of hydrogen-bond donors (Lipinski definition) is 3. The minimum absolute atomic E-state index is 0.299. The maximum Gasteiger partial charge on any atom is 0.417 e. The molecule has 1 unspecified atom stereocenters. The van der Waals surface area contributed by atoms with Gasteiger partial charge in [0.1, 0.15) is 5.82 Å². The fraction of sp³-hybridized carbons (Fsp3) is 0.273. The van der Waals surface area contributed by atoms with E-state index in [0.717, 1.165) is 12.3 Å². The molecule has 0 spiro atoms. The number of aromatic nitrogens is 3. The zero-order valence-corrected chi connectivity index (χ0v) is 9.62. The molecular weight excluding hydrogens is 259 g/mol. The molecule has 2 aromatic heterocycles. The normalized spacial score (nSPS) is 18.2. The average Bonchev–Trinajstić information content (AvgIpc) is 2.92. The van der Waals surface area contributed by atoms with Crippen LogP contribution < -0.4 is 11.1 Å². The van der Waals surface area contributed by atoms with Gasteiger partial charge in [0.15, 0.2) is 0 Å². The number of aromatic amines is 1. The van der Waals surface area contributed by atoms with Crippen LogP contribution >= 0.6 is 0 Å². The molecule has 0 amide bonds. The third-order valence-electron chi connectivity index (χ3n) is 3.14. The number of nitrogens with zero attached hydrogens (tertiary/aromatic N) is 2. The predicted octanol–water partition coefficient (Wildman–Crippen LogP) is 1.96. The number of rotatable bonds is 1. The summed E-state index contributed by atoms with van der Waals surface area (Å²) in [4.78, 5) is 3.81. The molecule has 4 N–H and O–H groups in total. The van der Waals surface area contributed by atoms with Crippen LogP contribution in [0.3, 0.4) is 0 Å². The van der Waals surface area contributed by atoms with Crippen molar-refractivity contribution in [2.24, 2.45) is 0 Å². The fourth-order valence-corrected chi connectivity index (χ4v) is 2.20. The van der Waals surface area contributed by atoms with Crippen LogP contribution in [0.5, 0.6) is 0 Å². The molecular formula is C11H10F3N5. The number of hydrogen-bond acceptors (Lipinski definition) is 4. The lowest BCUT2D eigenvalue weighted by Crippen LogP contribution is -2.08. The van der Waals surface area contributed by atoms with Gasteiger partial charge in [0, 0.05) is 24.2 Å². The second-order valence-corrected chi connectivity index (χ2v) is 4.33. The van der Waals surface area contributed by atoms with Gasteiger partial charge in [0.05, 0.1) is 23.1 Å². The molecule has 3 rings (SSSR count). The van der Waals surface area contributed by atoms with E-state index in [1.807, 2.05) is 0 Å². The van der Waals surface area contributed by atoms with Gasteiger partial charge in [-0.2, -0.15) is 18.3 Å². The van der Waals surface area contributed by atoms with Crippen LogP contribution in [-0.4, -0.2) is 21.7 Å². The first-order valence-electron chi connectivity index (χ1n) is 5.56. The highest BCUT2D eigenvalue weighted by atomic mass is 19.4. The van der Waals surface area contributed by atoms with Crippen LogP contribution in [0.2, 0.25) is 0 Å². The monoisotopic (exact) mass is 269 g/mol. The van der Waals surface area contributed by atoms with Crippen molar-refractivity contribution in [2.45, 2.75) is 12.1 Å². The highest BCUT2D eigenvalue weighted by molar-refractivity contribution is 5.59. The number of alkyl halides is 3. The zero-order valence-electron chi connectivity index (χ0n) is 9.62. The highest BCUT2D eigenvalue weighted by Crippen LogP contribution is 2.39. The molecule has 100 valence electrons. The van der Waals surface area contributed by atoms with Gasteiger partial charge < -0.3 is 11.1 Å². The van der Waals surface area contributed by atoms with Crippen LogP contribution in [0.1, 0.15) is 22.7 Å². The molecule has 0 fully saturated rings. The van der Waals surface area contributed by atoms with Crippen molar-refractivity contribution in [1.29, 1.82) is 0 Å². The first-order valence-corrected chi connectivity index (χ1v) is 5.56. The van der Waals surface area contributed by atoms with Gasteiger partial charge in [-0.05, 0) is 6.07 Å². The molecule has 0 saturated heterocycles. The average molecular weight is 269 g/mol. The summed E-state index contributed by atoms with van der Waals surface area (Å²) in [7, 11) is 0. The minimum atomic E-state index is -4.41. The van der Waals surface area contributed by atoms with Crippen LogP contribution in [0.15, 0.2) is 18.5 Å². The van der Waals surface area contributed by atoms with Crippen LogP contribution in [-0.2, 0) is 6.18 Å². The van der Waals surface area contributed by atoms with Gasteiger partial charge in [-0.25, -0.2) is 4.98 Å². The highest BCUT2D eigenvalue weighted by Gasteiger charge is 2.35. The number of pyridine rings is 1. The van der Waals surface area contributed by atoms with Gasteiger partial charge in [0.25, 0.3) is 0 Å². The smallest absolute Gasteiger partial charge is 0.396 e. The van der Waals surface area contributed by atoms with Crippen molar-refractivity contribution in [2.75, 3.05) is 17.6 Å². The molecule has 0 radical (unpaired) electrons. The standard InChI is InChI=1S/C11H10F3N5/c12-11(13,14)5-1-6-7(3-17-10(6)16-2-5)9-8(15)4-18-19-9/h1-2,4,7H,3,15H2,(H,16,17)(H,18,19). The van der Waals surface area contributed by atoms with Gasteiger partial charge in [0.2, 0.25) is 0 Å². The summed E-state index contributed by atoms with van der Waals surface area (Å²) in [5.41, 5.74) is 6.48. The van der Waals surface area contributed by atoms with E-state index in [1.165, 1.54) is 6.20 Å². The number of halogens is 3. The third kappa shape index (κ3) is 1.88. The van der Waals surface area contributed by atoms with Crippen molar-refractivity contribution in [1.82, 2.24) is 15.2 Å². The van der Waals surface area contributed by atoms with E-state index in [2.05, 4.69) is 20.5 Å². The summed E-state index contributed by atoms with van der Waals surface area (Å²) >= 11 is 0. The van der Waals surface area contributed by atoms with Gasteiger partial charge in [-0.3, -0.25) is 5.10 Å². The summed E-state index contributed by atoms with van der Waals surface area (Å²) in [6, 6.07) is 1.10. The molecule has 1 aliphatic heterocycles. The Balaban J connectivity index is 2.06. The summed E-state index contributed by atoms with van der Waals surface area (Å²) in [5.74, 6) is 0.152. The van der Waals surface area contributed by atoms with E-state index >= 15 is 0 Å². The molecule has 5 nitrogen and oxygen atoms in total. The molecule has 3 heterocycles. The molecule has 0 aliphatic carbocycles. The van der Waals surface area contributed by atoms with Gasteiger partial charge >= 0.3 is 6.18 Å². The van der Waals surface area contributed by atoms with Crippen LogP contribution in [0.25, 0.3) is 0 Å². The van der Waals surface area contributed by atoms with Crippen LogP contribution in [0.4, 0.5) is 24.7 Å². The quantitative estimate of drug-likeness (QED) is 0.739. The second-order valence-electron chi connectivity index (χ2n) is 4.33. The molecule has 19 heavy (non-hydrogen) atoms. The van der Waals surface area contributed by atoms with Crippen LogP contribution in [0, 0.1) is 0 Å². The molecule has 0 bridgehead atoms. The number of H-pyrrole nitrogens is 1. The van der Waals surface area contributed by atoms with Crippen molar-refractivity contribution >= 4 is 11.5 Å². The van der Waals surface area contributed by atoms with Crippen molar-refractivity contribution in [3.8, 4) is 0 Å². The van der Waals surface area contributed by atoms with E-state index in [0.29, 0.717) is 29.3 Å². The maximum atomic E-state index is 12.7. The summed E-state index contributed by atoms with van der Waals surface area (Å²) < 4.78 is 38.1. The molecule has 0 saturated carbocycles. The third-order valence-corrected chi connectivity index (χ3v) is 3.14. The zero-order chi connectivity index (χ0) is 13.6. The number of nitrogens with one attached hydrogen (secondary N) is 2. The minimum Gasteiger partial charge on any atom is -0.396 e. The molecule has 1 atom stereocenters. The Hall–Kier alpha value is -2.25.